The summed E-state index contributed by atoms with van der Waals surface area (Å²) in [7, 11) is 0. The van der Waals surface area contributed by atoms with Crippen molar-refractivity contribution in [2.24, 2.45) is 0 Å². The van der Waals surface area contributed by atoms with Crippen molar-refractivity contribution in [2.45, 2.75) is 0 Å². The van der Waals surface area contributed by atoms with Crippen LogP contribution in [0.15, 0.2) is 0 Å². The summed E-state index contributed by atoms with van der Waals surface area (Å²) in [6, 6.07) is 0. The molecular formula is CH5CrNO3. The van der Waals surface area contributed by atoms with E-state index in [1.807, 2.05) is 0 Å². The summed E-state index contributed by atoms with van der Waals surface area (Å²) in [5, 5.41) is 13.9. The quantitative estimate of drug-likeness (QED) is 0.443. The van der Waals surface area contributed by atoms with E-state index in [9.17, 15) is 0 Å². The van der Waals surface area contributed by atoms with Crippen molar-refractivity contribution in [3.05, 3.63) is 0 Å². The van der Waals surface area contributed by atoms with Crippen LogP contribution in [0.5, 0.6) is 0 Å². The molecule has 6 heavy (non-hydrogen) atoms. The smallest absolute Gasteiger partial charge is 0.450 e. The average molecular weight is 131 g/mol. The van der Waals surface area contributed by atoms with Crippen LogP contribution >= 0.6 is 0 Å². The molecule has 0 fully saturated rings. The van der Waals surface area contributed by atoms with Gasteiger partial charge in [0.1, 0.15) is 0 Å². The second-order valence-corrected chi connectivity index (χ2v) is 0.283. The predicted octanol–water partition coefficient (Wildman–Crippen LogP) is 0.382. The van der Waals surface area contributed by atoms with Crippen LogP contribution < -0.4 is 6.15 Å². The normalized spacial score (nSPS) is 4.00. The van der Waals surface area contributed by atoms with Gasteiger partial charge in [-0.05, 0) is 0 Å². The van der Waals surface area contributed by atoms with Crippen LogP contribution in [0.25, 0.3) is 0 Å². The minimum Gasteiger partial charge on any atom is -0.450 e. The van der Waals surface area contributed by atoms with Crippen molar-refractivity contribution in [3.8, 4) is 0 Å². The SMILES string of the molecule is N.O=C(O)O.[Cr]. The Hall–Kier alpha value is -0.238. The summed E-state index contributed by atoms with van der Waals surface area (Å²) in [5.74, 6) is 0. The summed E-state index contributed by atoms with van der Waals surface area (Å²) in [5.41, 5.74) is 0. The van der Waals surface area contributed by atoms with Crippen LogP contribution in [0.3, 0.4) is 0 Å². The maximum atomic E-state index is 8.56. The Kier molecular flexibility index (Phi) is 25.2. The summed E-state index contributed by atoms with van der Waals surface area (Å²) in [6.07, 6.45) is -1.83. The van der Waals surface area contributed by atoms with Gasteiger partial charge >= 0.3 is 6.16 Å². The number of hydrogen-bond donors (Lipinski definition) is 3. The van der Waals surface area contributed by atoms with Gasteiger partial charge in [0.25, 0.3) is 0 Å². The molecule has 0 atom stereocenters. The number of hydrogen-bond acceptors (Lipinski definition) is 2. The number of rotatable bonds is 0. The van der Waals surface area contributed by atoms with Gasteiger partial charge in [0.05, 0.1) is 0 Å². The molecule has 0 aromatic heterocycles. The van der Waals surface area contributed by atoms with Gasteiger partial charge < -0.3 is 16.4 Å². The van der Waals surface area contributed by atoms with Crippen LogP contribution in [-0.4, -0.2) is 16.4 Å². The molecule has 0 rings (SSSR count). The first-order valence-electron chi connectivity index (χ1n) is 0.651. The van der Waals surface area contributed by atoms with Gasteiger partial charge in [-0.15, -0.1) is 0 Å². The van der Waals surface area contributed by atoms with Crippen molar-refractivity contribution >= 4 is 6.16 Å². The molecule has 5 N–H and O–H groups in total. The summed E-state index contributed by atoms with van der Waals surface area (Å²) < 4.78 is 0. The van der Waals surface area contributed by atoms with Gasteiger partial charge in [-0.2, -0.15) is 0 Å². The Labute approximate surface area is 45.5 Å². The van der Waals surface area contributed by atoms with Crippen LogP contribution in [0, 0.1) is 0 Å². The third-order valence-electron chi connectivity index (χ3n) is 0. The first kappa shape index (κ1) is 17.1. The van der Waals surface area contributed by atoms with Crippen LogP contribution in [0.4, 0.5) is 4.79 Å². The fraction of sp³-hybridized carbons (Fsp3) is 0. The molecule has 38 valence electrons. The van der Waals surface area contributed by atoms with E-state index in [0.29, 0.717) is 0 Å². The molecule has 0 aliphatic carbocycles. The van der Waals surface area contributed by atoms with E-state index in [4.69, 9.17) is 15.0 Å². The van der Waals surface area contributed by atoms with Crippen molar-refractivity contribution in [1.82, 2.24) is 6.15 Å². The topological polar surface area (TPSA) is 92.5 Å². The third-order valence-corrected chi connectivity index (χ3v) is 0. The Bertz CT molecular complexity index is 33.8. The fourth-order valence-electron chi connectivity index (χ4n) is 0. The van der Waals surface area contributed by atoms with Gasteiger partial charge in [0, 0.05) is 17.4 Å². The molecule has 5 heteroatoms. The zero-order valence-electron chi connectivity index (χ0n) is 2.92. The van der Waals surface area contributed by atoms with Crippen molar-refractivity contribution in [3.63, 3.8) is 0 Å². The van der Waals surface area contributed by atoms with Crippen LogP contribution in [0.2, 0.25) is 0 Å². The summed E-state index contributed by atoms with van der Waals surface area (Å²) >= 11 is 0. The Morgan fingerprint density at radius 2 is 1.33 bits per heavy atom. The van der Waals surface area contributed by atoms with E-state index in [1.54, 1.807) is 0 Å². The maximum absolute atomic E-state index is 8.56. The van der Waals surface area contributed by atoms with Crippen LogP contribution in [0.1, 0.15) is 0 Å². The molecule has 0 radical (unpaired) electrons. The monoisotopic (exact) mass is 131 g/mol. The molecule has 0 aromatic rings. The molecular weight excluding hydrogens is 126 g/mol. The molecule has 0 saturated heterocycles. The number of carboxylic acid groups (broad SMARTS) is 2. The standard InChI is InChI=1S/CH2O3.Cr.H3N/c2-1(3)4;;/h(H2,2,3,4);;1H3. The van der Waals surface area contributed by atoms with Gasteiger partial charge in [-0.25, -0.2) is 4.79 Å². The van der Waals surface area contributed by atoms with E-state index >= 15 is 0 Å². The van der Waals surface area contributed by atoms with Crippen molar-refractivity contribution in [1.29, 1.82) is 0 Å². The van der Waals surface area contributed by atoms with Crippen molar-refractivity contribution in [2.75, 3.05) is 0 Å². The van der Waals surface area contributed by atoms with Gasteiger partial charge in [-0.3, -0.25) is 0 Å². The summed E-state index contributed by atoms with van der Waals surface area (Å²) in [6.45, 7) is 0. The zero-order chi connectivity index (χ0) is 3.58. The molecule has 0 aliphatic heterocycles. The Balaban J connectivity index is -0.0000000450. The molecule has 4 nitrogen and oxygen atoms in total. The van der Waals surface area contributed by atoms with E-state index in [2.05, 4.69) is 0 Å². The molecule has 0 aliphatic rings. The second-order valence-electron chi connectivity index (χ2n) is 0.283. The first-order chi connectivity index (χ1) is 1.73. The Morgan fingerprint density at radius 3 is 1.33 bits per heavy atom. The molecule has 0 spiro atoms. The molecule has 0 aromatic carbocycles. The van der Waals surface area contributed by atoms with Crippen LogP contribution in [-0.2, 0) is 17.4 Å². The second kappa shape index (κ2) is 8.83. The van der Waals surface area contributed by atoms with E-state index in [1.165, 1.54) is 0 Å². The first-order valence-corrected chi connectivity index (χ1v) is 0.651. The summed E-state index contributed by atoms with van der Waals surface area (Å²) in [4.78, 5) is 8.56. The fourth-order valence-corrected chi connectivity index (χ4v) is 0. The van der Waals surface area contributed by atoms with Gasteiger partial charge in [0.15, 0.2) is 0 Å². The van der Waals surface area contributed by atoms with Gasteiger partial charge in [0.2, 0.25) is 0 Å². The third kappa shape index (κ3) is 509. The minimum atomic E-state index is -1.83. The zero-order valence-corrected chi connectivity index (χ0v) is 4.19. The minimum absolute atomic E-state index is 0. The molecule has 0 bridgehead atoms. The van der Waals surface area contributed by atoms with Gasteiger partial charge in [-0.1, -0.05) is 0 Å². The molecule has 0 unspecified atom stereocenters. The largest absolute Gasteiger partial charge is 0.503 e. The van der Waals surface area contributed by atoms with E-state index in [-0.39, 0.29) is 23.5 Å². The predicted molar refractivity (Wildman–Crippen MR) is 15.7 cm³/mol. The Morgan fingerprint density at radius 1 is 1.33 bits per heavy atom. The maximum Gasteiger partial charge on any atom is 0.503 e. The molecule has 0 amide bonds. The van der Waals surface area contributed by atoms with E-state index < -0.39 is 6.16 Å². The number of carbonyl (C=O) groups is 1. The average Bonchev–Trinajstić information content (AvgIpc) is 0.811. The van der Waals surface area contributed by atoms with E-state index in [0.717, 1.165) is 0 Å². The van der Waals surface area contributed by atoms with Crippen molar-refractivity contribution < 1.29 is 32.4 Å². The molecule has 0 heterocycles. The molecule has 0 saturated carbocycles.